The highest BCUT2D eigenvalue weighted by Gasteiger charge is 2.19. The Labute approximate surface area is 202 Å². The lowest BCUT2D eigenvalue weighted by Gasteiger charge is -2.23. The number of halogens is 2. The number of amides is 1. The molecule has 0 spiro atoms. The molecule has 0 bridgehead atoms. The van der Waals surface area contributed by atoms with Gasteiger partial charge in [0.25, 0.3) is 5.91 Å². The molecule has 0 fully saturated rings. The van der Waals surface area contributed by atoms with Crippen LogP contribution in [-0.4, -0.2) is 27.1 Å². The van der Waals surface area contributed by atoms with E-state index in [1.54, 1.807) is 42.5 Å². The lowest BCUT2D eigenvalue weighted by Crippen LogP contribution is -2.29. The molecule has 0 aliphatic carbocycles. The van der Waals surface area contributed by atoms with E-state index in [9.17, 15) is 13.2 Å². The minimum Gasteiger partial charge on any atom is -0.351 e. The smallest absolute Gasteiger partial charge is 0.251 e. The first-order valence-electron chi connectivity index (χ1n) is 10.00. The van der Waals surface area contributed by atoms with Crippen molar-refractivity contribution >= 4 is 49.1 Å². The molecule has 0 radical (unpaired) electrons. The molecule has 32 heavy (non-hydrogen) atoms. The summed E-state index contributed by atoms with van der Waals surface area (Å²) in [5, 5.41) is 3.38. The Balaban J connectivity index is 1.68. The third-order valence-electron chi connectivity index (χ3n) is 5.07. The number of rotatable bonds is 8. The Morgan fingerprint density at radius 1 is 1.06 bits per heavy atom. The van der Waals surface area contributed by atoms with Gasteiger partial charge in [-0.1, -0.05) is 61.0 Å². The number of carbonyl (C=O) groups is 1. The molecule has 0 saturated heterocycles. The topological polar surface area (TPSA) is 66.5 Å². The highest BCUT2D eigenvalue weighted by molar-refractivity contribution is 9.10. The van der Waals surface area contributed by atoms with Crippen molar-refractivity contribution in [2.24, 2.45) is 0 Å². The standard InChI is InChI=1S/C24H24BrClN2O3S/c1-17(19-6-4-3-5-7-19)15-27-24(29)20-10-8-18(9-11-20)16-28(32(2,30)31)21-12-13-22(25)23(26)14-21/h3-14,17H,15-16H2,1-2H3,(H,27,29)/t17-/m1/s1. The van der Waals surface area contributed by atoms with Gasteiger partial charge in [0.15, 0.2) is 0 Å². The zero-order valence-corrected chi connectivity index (χ0v) is 20.9. The monoisotopic (exact) mass is 534 g/mol. The molecule has 0 aliphatic rings. The molecule has 3 aromatic carbocycles. The highest BCUT2D eigenvalue weighted by atomic mass is 79.9. The first-order valence-corrected chi connectivity index (χ1v) is 13.0. The first-order chi connectivity index (χ1) is 15.1. The minimum atomic E-state index is -3.54. The van der Waals surface area contributed by atoms with Gasteiger partial charge in [0.1, 0.15) is 0 Å². The van der Waals surface area contributed by atoms with Gasteiger partial charge >= 0.3 is 0 Å². The van der Waals surface area contributed by atoms with Crippen LogP contribution < -0.4 is 9.62 Å². The van der Waals surface area contributed by atoms with E-state index in [4.69, 9.17) is 11.6 Å². The number of hydrogen-bond donors (Lipinski definition) is 1. The molecule has 0 saturated carbocycles. The van der Waals surface area contributed by atoms with E-state index in [0.717, 1.165) is 17.4 Å². The van der Waals surface area contributed by atoms with Gasteiger partial charge in [0.2, 0.25) is 10.0 Å². The molecule has 3 aromatic rings. The number of nitrogens with zero attached hydrogens (tertiary/aromatic N) is 1. The van der Waals surface area contributed by atoms with Crippen molar-refractivity contribution in [3.05, 3.63) is 99.0 Å². The quantitative estimate of drug-likeness (QED) is 0.408. The van der Waals surface area contributed by atoms with Crippen LogP contribution in [0.1, 0.15) is 34.3 Å². The number of hydrogen-bond acceptors (Lipinski definition) is 3. The fraction of sp³-hybridized carbons (Fsp3) is 0.208. The Bertz CT molecular complexity index is 1190. The van der Waals surface area contributed by atoms with E-state index < -0.39 is 10.0 Å². The molecular formula is C24H24BrClN2O3S. The Morgan fingerprint density at radius 2 is 1.72 bits per heavy atom. The molecule has 8 heteroatoms. The number of sulfonamides is 1. The largest absolute Gasteiger partial charge is 0.351 e. The summed E-state index contributed by atoms with van der Waals surface area (Å²) in [6, 6.07) is 21.9. The molecule has 0 heterocycles. The van der Waals surface area contributed by atoms with Gasteiger partial charge in [-0.3, -0.25) is 9.10 Å². The van der Waals surface area contributed by atoms with Crippen LogP contribution >= 0.6 is 27.5 Å². The Morgan fingerprint density at radius 3 is 2.31 bits per heavy atom. The molecule has 1 amide bonds. The third kappa shape index (κ3) is 6.34. The lowest BCUT2D eigenvalue weighted by atomic mass is 10.0. The highest BCUT2D eigenvalue weighted by Crippen LogP contribution is 2.29. The van der Waals surface area contributed by atoms with Crippen molar-refractivity contribution in [1.29, 1.82) is 0 Å². The summed E-state index contributed by atoms with van der Waals surface area (Å²) in [6.07, 6.45) is 1.15. The first kappa shape index (κ1) is 24.3. The Kier molecular flexibility index (Phi) is 7.98. The van der Waals surface area contributed by atoms with E-state index in [-0.39, 0.29) is 18.4 Å². The minimum absolute atomic E-state index is 0.129. The maximum absolute atomic E-state index is 12.5. The van der Waals surface area contributed by atoms with Gasteiger partial charge in [0, 0.05) is 16.6 Å². The summed E-state index contributed by atoms with van der Waals surface area (Å²) in [4.78, 5) is 12.5. The average molecular weight is 536 g/mol. The molecule has 3 rings (SSSR count). The third-order valence-corrected chi connectivity index (χ3v) is 7.44. The number of carbonyl (C=O) groups excluding carboxylic acids is 1. The fourth-order valence-corrected chi connectivity index (χ4v) is 4.52. The maximum Gasteiger partial charge on any atom is 0.251 e. The van der Waals surface area contributed by atoms with Crippen LogP contribution in [0.4, 0.5) is 5.69 Å². The van der Waals surface area contributed by atoms with E-state index >= 15 is 0 Å². The van der Waals surface area contributed by atoms with Gasteiger partial charge in [-0.05, 0) is 63.3 Å². The summed E-state index contributed by atoms with van der Waals surface area (Å²) < 4.78 is 26.7. The van der Waals surface area contributed by atoms with Gasteiger partial charge < -0.3 is 5.32 Å². The molecular weight excluding hydrogens is 512 g/mol. The van der Waals surface area contributed by atoms with Crippen LogP contribution in [0, 0.1) is 0 Å². The zero-order chi connectivity index (χ0) is 23.3. The van der Waals surface area contributed by atoms with Crippen molar-refractivity contribution in [3.63, 3.8) is 0 Å². The van der Waals surface area contributed by atoms with Crippen molar-refractivity contribution in [2.75, 3.05) is 17.1 Å². The maximum atomic E-state index is 12.5. The van der Waals surface area contributed by atoms with Crippen LogP contribution in [0.25, 0.3) is 0 Å². The van der Waals surface area contributed by atoms with Gasteiger partial charge in [0.05, 0.1) is 23.5 Å². The summed E-state index contributed by atoms with van der Waals surface area (Å²) in [7, 11) is -3.54. The summed E-state index contributed by atoms with van der Waals surface area (Å²) in [6.45, 7) is 2.72. The van der Waals surface area contributed by atoms with Crippen LogP contribution in [0.15, 0.2) is 77.3 Å². The van der Waals surface area contributed by atoms with E-state index in [2.05, 4.69) is 28.2 Å². The number of anilines is 1. The van der Waals surface area contributed by atoms with Crippen molar-refractivity contribution in [3.8, 4) is 0 Å². The zero-order valence-electron chi connectivity index (χ0n) is 17.8. The fourth-order valence-electron chi connectivity index (χ4n) is 3.21. The van der Waals surface area contributed by atoms with Crippen LogP contribution in [-0.2, 0) is 16.6 Å². The van der Waals surface area contributed by atoms with Crippen LogP contribution in [0.2, 0.25) is 5.02 Å². The summed E-state index contributed by atoms with van der Waals surface area (Å²) >= 11 is 9.46. The predicted molar refractivity (Wildman–Crippen MR) is 134 cm³/mol. The molecule has 0 aliphatic heterocycles. The molecule has 1 N–H and O–H groups in total. The second-order valence-corrected chi connectivity index (χ2v) is 10.8. The number of benzene rings is 3. The van der Waals surface area contributed by atoms with Crippen molar-refractivity contribution in [1.82, 2.24) is 5.32 Å². The van der Waals surface area contributed by atoms with Crippen molar-refractivity contribution in [2.45, 2.75) is 19.4 Å². The normalized spacial score (nSPS) is 12.2. The average Bonchev–Trinajstić information content (AvgIpc) is 2.78. The van der Waals surface area contributed by atoms with Gasteiger partial charge in [-0.15, -0.1) is 0 Å². The molecule has 168 valence electrons. The van der Waals surface area contributed by atoms with Crippen LogP contribution in [0.5, 0.6) is 0 Å². The predicted octanol–water partition coefficient (Wildman–Crippen LogP) is 5.60. The van der Waals surface area contributed by atoms with Gasteiger partial charge in [-0.2, -0.15) is 0 Å². The summed E-state index contributed by atoms with van der Waals surface area (Å²) in [5.74, 6) is 0.0273. The van der Waals surface area contributed by atoms with E-state index in [0.29, 0.717) is 27.3 Å². The second-order valence-electron chi connectivity index (χ2n) is 7.59. The molecule has 1 atom stereocenters. The Hall–Kier alpha value is -2.35. The van der Waals surface area contributed by atoms with E-state index in [1.807, 2.05) is 30.3 Å². The van der Waals surface area contributed by atoms with E-state index in [1.165, 1.54) is 4.31 Å². The number of nitrogens with one attached hydrogen (secondary N) is 1. The molecule has 5 nitrogen and oxygen atoms in total. The summed E-state index contributed by atoms with van der Waals surface area (Å²) in [5.41, 5.74) is 2.91. The lowest BCUT2D eigenvalue weighted by molar-refractivity contribution is 0.0951. The van der Waals surface area contributed by atoms with Crippen LogP contribution in [0.3, 0.4) is 0 Å². The molecule has 0 aromatic heterocycles. The van der Waals surface area contributed by atoms with Crippen molar-refractivity contribution < 1.29 is 13.2 Å². The SMILES string of the molecule is C[C@H](CNC(=O)c1ccc(CN(c2ccc(Br)c(Cl)c2)S(C)(=O)=O)cc1)c1ccccc1. The second kappa shape index (κ2) is 10.5. The molecule has 0 unspecified atom stereocenters. The van der Waals surface area contributed by atoms with Gasteiger partial charge in [-0.25, -0.2) is 8.42 Å².